The highest BCUT2D eigenvalue weighted by Gasteiger charge is 2.25. The molecule has 1 N–H and O–H groups in total. The van der Waals surface area contributed by atoms with E-state index in [1.807, 2.05) is 24.3 Å². The molecular weight excluding hydrogens is 300 g/mol. The molecule has 22 heavy (non-hydrogen) atoms. The summed E-state index contributed by atoms with van der Waals surface area (Å²) in [5.74, 6) is 1.10. The van der Waals surface area contributed by atoms with Crippen LogP contribution >= 0.6 is 11.6 Å². The molecule has 6 heteroatoms. The maximum Gasteiger partial charge on any atom is 0.277 e. The molecule has 0 aliphatic heterocycles. The molecule has 0 radical (unpaired) electrons. The van der Waals surface area contributed by atoms with Gasteiger partial charge in [-0.2, -0.15) is 4.52 Å². The van der Waals surface area contributed by atoms with Crippen molar-refractivity contribution in [1.82, 2.24) is 19.6 Å². The van der Waals surface area contributed by atoms with Gasteiger partial charge in [0, 0.05) is 17.0 Å². The van der Waals surface area contributed by atoms with Crippen LogP contribution in [0.5, 0.6) is 0 Å². The van der Waals surface area contributed by atoms with Gasteiger partial charge in [-0.1, -0.05) is 23.7 Å². The summed E-state index contributed by atoms with van der Waals surface area (Å²) in [4.78, 5) is 21.4. The Hall–Kier alpha value is -2.14. The molecule has 0 spiro atoms. The molecule has 0 unspecified atom stereocenters. The molecule has 5 nitrogen and oxygen atoms in total. The Morgan fingerprint density at radius 3 is 3.00 bits per heavy atom. The summed E-state index contributed by atoms with van der Waals surface area (Å²) in [6.07, 6.45) is 5.33. The number of aromatic amines is 1. The molecular formula is C16H15ClN4O. The van der Waals surface area contributed by atoms with Crippen molar-refractivity contribution in [2.24, 2.45) is 5.92 Å². The fourth-order valence-corrected chi connectivity index (χ4v) is 2.94. The molecule has 2 aromatic heterocycles. The number of nitrogens with one attached hydrogen (secondary N) is 1. The lowest BCUT2D eigenvalue weighted by atomic mass is 10.0. The van der Waals surface area contributed by atoms with Crippen molar-refractivity contribution < 1.29 is 0 Å². The number of halogens is 1. The van der Waals surface area contributed by atoms with Crippen LogP contribution in [0.1, 0.15) is 29.7 Å². The van der Waals surface area contributed by atoms with Crippen molar-refractivity contribution in [1.29, 1.82) is 0 Å². The third-order valence-electron chi connectivity index (χ3n) is 4.06. The number of fused-ring (bicyclic) bond motifs is 1. The number of rotatable bonds is 4. The van der Waals surface area contributed by atoms with Crippen LogP contribution < -0.4 is 5.56 Å². The molecule has 3 aromatic rings. The second-order valence-corrected chi connectivity index (χ2v) is 6.26. The van der Waals surface area contributed by atoms with E-state index in [1.54, 1.807) is 0 Å². The van der Waals surface area contributed by atoms with Gasteiger partial charge in [0.1, 0.15) is 6.33 Å². The zero-order valence-corrected chi connectivity index (χ0v) is 12.7. The summed E-state index contributed by atoms with van der Waals surface area (Å²) in [5, 5.41) is 3.50. The lowest BCUT2D eigenvalue weighted by Crippen LogP contribution is -2.23. The summed E-state index contributed by atoms with van der Waals surface area (Å²) < 4.78 is 1.40. The van der Waals surface area contributed by atoms with E-state index in [2.05, 4.69) is 15.1 Å². The van der Waals surface area contributed by atoms with Crippen molar-refractivity contribution in [3.63, 3.8) is 0 Å². The van der Waals surface area contributed by atoms with Crippen molar-refractivity contribution >= 4 is 17.4 Å². The van der Waals surface area contributed by atoms with Crippen LogP contribution in [0.4, 0.5) is 0 Å². The van der Waals surface area contributed by atoms with Gasteiger partial charge >= 0.3 is 0 Å². The molecule has 4 rings (SSSR count). The van der Waals surface area contributed by atoms with Crippen LogP contribution in [0.15, 0.2) is 35.4 Å². The summed E-state index contributed by atoms with van der Waals surface area (Å²) >= 11 is 6.05. The number of hydrogen-bond acceptors (Lipinski definition) is 3. The average Bonchev–Trinajstić information content (AvgIpc) is 3.18. The first-order chi connectivity index (χ1) is 10.7. The molecule has 1 fully saturated rings. The Bertz CT molecular complexity index is 895. The van der Waals surface area contributed by atoms with E-state index in [0.717, 1.165) is 23.2 Å². The van der Waals surface area contributed by atoms with E-state index in [9.17, 15) is 4.79 Å². The Morgan fingerprint density at radius 2 is 2.23 bits per heavy atom. The average molecular weight is 315 g/mol. The topological polar surface area (TPSA) is 63.0 Å². The first-order valence-electron chi connectivity index (χ1n) is 7.39. The predicted molar refractivity (Wildman–Crippen MR) is 84.3 cm³/mol. The number of H-pyrrole nitrogens is 1. The first-order valence-corrected chi connectivity index (χ1v) is 7.77. The van der Waals surface area contributed by atoms with E-state index in [1.165, 1.54) is 23.7 Å². The van der Waals surface area contributed by atoms with Gasteiger partial charge < -0.3 is 0 Å². The van der Waals surface area contributed by atoms with Gasteiger partial charge in [0.2, 0.25) is 0 Å². The zero-order chi connectivity index (χ0) is 15.1. The number of nitrogens with zero attached hydrogens (tertiary/aromatic N) is 3. The highest BCUT2D eigenvalue weighted by Crippen LogP contribution is 2.32. The third-order valence-corrected chi connectivity index (χ3v) is 4.30. The van der Waals surface area contributed by atoms with Crippen LogP contribution in [-0.2, 0) is 12.8 Å². The fraction of sp³-hybridized carbons (Fsp3) is 0.312. The van der Waals surface area contributed by atoms with E-state index in [4.69, 9.17) is 11.6 Å². The molecule has 1 aromatic carbocycles. The van der Waals surface area contributed by atoms with Gasteiger partial charge in [-0.3, -0.25) is 9.89 Å². The van der Waals surface area contributed by atoms with E-state index >= 15 is 0 Å². The van der Waals surface area contributed by atoms with Gasteiger partial charge in [-0.25, -0.2) is 9.97 Å². The summed E-state index contributed by atoms with van der Waals surface area (Å²) in [6.45, 7) is 0. The van der Waals surface area contributed by atoms with E-state index in [-0.39, 0.29) is 5.56 Å². The molecule has 1 aliphatic rings. The molecule has 0 atom stereocenters. The number of hydrogen-bond donors (Lipinski definition) is 1. The number of benzene rings is 1. The van der Waals surface area contributed by atoms with Crippen LogP contribution in [-0.4, -0.2) is 19.6 Å². The van der Waals surface area contributed by atoms with Crippen LogP contribution in [0.3, 0.4) is 0 Å². The van der Waals surface area contributed by atoms with Gasteiger partial charge in [-0.05, 0) is 42.9 Å². The maximum atomic E-state index is 12.7. The van der Waals surface area contributed by atoms with Crippen LogP contribution in [0.2, 0.25) is 5.02 Å². The van der Waals surface area contributed by atoms with Gasteiger partial charge in [0.15, 0.2) is 0 Å². The lowest BCUT2D eigenvalue weighted by Gasteiger charge is -2.08. The smallest absolute Gasteiger partial charge is 0.277 e. The van der Waals surface area contributed by atoms with Crippen molar-refractivity contribution in [3.8, 4) is 0 Å². The molecule has 1 aliphatic carbocycles. The SMILES string of the molecule is O=c1c(Cc2cccc(Cl)c2)c(CC2CC2)nc2nc[nH]n12. The Balaban J connectivity index is 1.82. The standard InChI is InChI=1S/C16H15ClN4O/c17-12-3-1-2-11(6-12)7-13-14(8-10-4-5-10)20-16-18-9-19-21(16)15(13)22/h1-3,6,9-10H,4-5,7-8H2,(H,18,19,20). The largest absolute Gasteiger partial charge is 0.278 e. The quantitative estimate of drug-likeness (QED) is 0.805. The van der Waals surface area contributed by atoms with Crippen LogP contribution in [0.25, 0.3) is 5.78 Å². The summed E-state index contributed by atoms with van der Waals surface area (Å²) in [5.41, 5.74) is 2.55. The minimum Gasteiger partial charge on any atom is -0.278 e. The minimum atomic E-state index is -0.0712. The zero-order valence-electron chi connectivity index (χ0n) is 11.9. The Kier molecular flexibility index (Phi) is 3.22. The van der Waals surface area contributed by atoms with Gasteiger partial charge in [0.25, 0.3) is 11.3 Å². The highest BCUT2D eigenvalue weighted by molar-refractivity contribution is 6.30. The van der Waals surface area contributed by atoms with Gasteiger partial charge in [0.05, 0.1) is 5.69 Å². The Morgan fingerprint density at radius 1 is 1.36 bits per heavy atom. The van der Waals surface area contributed by atoms with E-state index in [0.29, 0.717) is 23.1 Å². The highest BCUT2D eigenvalue weighted by atomic mass is 35.5. The molecule has 0 saturated heterocycles. The molecule has 112 valence electrons. The van der Waals surface area contributed by atoms with Crippen molar-refractivity contribution in [3.05, 3.63) is 62.8 Å². The van der Waals surface area contributed by atoms with E-state index < -0.39 is 0 Å². The fourth-order valence-electron chi connectivity index (χ4n) is 2.73. The number of aromatic nitrogens is 4. The van der Waals surface area contributed by atoms with Crippen molar-refractivity contribution in [2.75, 3.05) is 0 Å². The normalized spacial score (nSPS) is 14.6. The monoisotopic (exact) mass is 314 g/mol. The molecule has 0 amide bonds. The second kappa shape index (κ2) is 5.25. The van der Waals surface area contributed by atoms with Crippen molar-refractivity contribution in [2.45, 2.75) is 25.7 Å². The lowest BCUT2D eigenvalue weighted by molar-refractivity contribution is 0.766. The Labute approximate surface area is 132 Å². The maximum absolute atomic E-state index is 12.7. The minimum absolute atomic E-state index is 0.0712. The molecule has 1 saturated carbocycles. The molecule has 2 heterocycles. The summed E-state index contributed by atoms with van der Waals surface area (Å²) in [6, 6.07) is 7.61. The first kappa shape index (κ1) is 13.5. The molecule has 0 bridgehead atoms. The second-order valence-electron chi connectivity index (χ2n) is 5.82. The van der Waals surface area contributed by atoms with Gasteiger partial charge in [-0.15, -0.1) is 0 Å². The van der Waals surface area contributed by atoms with Crippen LogP contribution in [0, 0.1) is 5.92 Å². The summed E-state index contributed by atoms with van der Waals surface area (Å²) in [7, 11) is 0. The predicted octanol–water partition coefficient (Wildman–Crippen LogP) is 2.61. The third kappa shape index (κ3) is 2.52.